The van der Waals surface area contributed by atoms with Crippen molar-refractivity contribution >= 4 is 11.6 Å². The van der Waals surface area contributed by atoms with Gasteiger partial charge in [-0.1, -0.05) is 12.1 Å². The third kappa shape index (κ3) is 1.99. The van der Waals surface area contributed by atoms with E-state index in [0.29, 0.717) is 5.88 Å². The van der Waals surface area contributed by atoms with Crippen LogP contribution >= 0.6 is 11.6 Å². The Labute approximate surface area is 64.6 Å². The number of halogens is 2. The van der Waals surface area contributed by atoms with Gasteiger partial charge in [0.05, 0.1) is 0 Å². The molecule has 0 bridgehead atoms. The zero-order valence-electron chi connectivity index (χ0n) is 5.48. The van der Waals surface area contributed by atoms with Crippen molar-refractivity contribution in [1.29, 1.82) is 0 Å². The molecule has 2 heteroatoms. The summed E-state index contributed by atoms with van der Waals surface area (Å²) in [5, 5.41) is 0. The lowest BCUT2D eigenvalue weighted by Crippen LogP contribution is -1.85. The largest absolute Gasteiger partial charge is 0.207 e. The lowest BCUT2D eigenvalue weighted by atomic mass is 10.2. The van der Waals surface area contributed by atoms with Crippen LogP contribution in [0, 0.1) is 5.82 Å². The van der Waals surface area contributed by atoms with E-state index in [1.54, 1.807) is 6.07 Å². The third-order valence-corrected chi connectivity index (χ3v) is 1.46. The molecule has 0 fully saturated rings. The zero-order chi connectivity index (χ0) is 7.40. The fourth-order valence-corrected chi connectivity index (χ4v) is 1.02. The molecule has 0 spiro atoms. The van der Waals surface area contributed by atoms with Gasteiger partial charge in [0.25, 0.3) is 0 Å². The minimum absolute atomic E-state index is 0.192. The van der Waals surface area contributed by atoms with E-state index in [2.05, 4.69) is 0 Å². The van der Waals surface area contributed by atoms with Crippen molar-refractivity contribution in [3.63, 3.8) is 0 Å². The van der Waals surface area contributed by atoms with Crippen LogP contribution in [0.25, 0.3) is 0 Å². The van der Waals surface area contributed by atoms with Crippen LogP contribution in [0.2, 0.25) is 0 Å². The summed E-state index contributed by atoms with van der Waals surface area (Å²) >= 11 is 5.47. The molecular weight excluding hydrogens is 151 g/mol. The lowest BCUT2D eigenvalue weighted by molar-refractivity contribution is 0.626. The van der Waals surface area contributed by atoms with Crippen LogP contribution in [-0.2, 0) is 6.42 Å². The van der Waals surface area contributed by atoms with E-state index in [1.165, 1.54) is 12.1 Å². The molecule has 0 aromatic heterocycles. The first-order chi connectivity index (χ1) is 4.83. The number of benzene rings is 1. The first kappa shape index (κ1) is 7.55. The second kappa shape index (κ2) is 3.57. The molecule has 0 radical (unpaired) electrons. The average Bonchev–Trinajstić information content (AvgIpc) is 1.88. The van der Waals surface area contributed by atoms with E-state index in [9.17, 15) is 4.39 Å². The molecule has 0 aliphatic rings. The SMILES string of the molecule is Fc1cccc(CCCl)c1. The topological polar surface area (TPSA) is 0 Å². The van der Waals surface area contributed by atoms with Crippen LogP contribution in [0.15, 0.2) is 24.3 Å². The van der Waals surface area contributed by atoms with Crippen LogP contribution in [0.4, 0.5) is 4.39 Å². The number of hydrogen-bond acceptors (Lipinski definition) is 0. The van der Waals surface area contributed by atoms with E-state index < -0.39 is 0 Å². The Kier molecular flexibility index (Phi) is 2.69. The number of alkyl halides is 1. The van der Waals surface area contributed by atoms with Crippen molar-refractivity contribution in [3.05, 3.63) is 35.6 Å². The van der Waals surface area contributed by atoms with Gasteiger partial charge in [-0.3, -0.25) is 0 Å². The fraction of sp³-hybridized carbons (Fsp3) is 0.250. The Morgan fingerprint density at radius 2 is 2.20 bits per heavy atom. The summed E-state index contributed by atoms with van der Waals surface area (Å²) in [5.41, 5.74) is 0.954. The second-order valence-electron chi connectivity index (χ2n) is 2.07. The zero-order valence-corrected chi connectivity index (χ0v) is 6.24. The Morgan fingerprint density at radius 1 is 1.40 bits per heavy atom. The standard InChI is InChI=1S/C8H8ClF/c9-5-4-7-2-1-3-8(10)6-7/h1-3,6H,4-5H2. The summed E-state index contributed by atoms with van der Waals surface area (Å²) in [4.78, 5) is 0. The Bertz CT molecular complexity index is 210. The highest BCUT2D eigenvalue weighted by Crippen LogP contribution is 2.04. The lowest BCUT2D eigenvalue weighted by Gasteiger charge is -1.95. The molecule has 0 N–H and O–H groups in total. The van der Waals surface area contributed by atoms with Gasteiger partial charge in [0.2, 0.25) is 0 Å². The van der Waals surface area contributed by atoms with Crippen molar-refractivity contribution in [1.82, 2.24) is 0 Å². The molecule has 0 amide bonds. The normalized spacial score (nSPS) is 9.80. The molecule has 0 aliphatic heterocycles. The highest BCUT2D eigenvalue weighted by molar-refractivity contribution is 6.17. The second-order valence-corrected chi connectivity index (χ2v) is 2.45. The predicted octanol–water partition coefficient (Wildman–Crippen LogP) is 2.61. The molecule has 10 heavy (non-hydrogen) atoms. The van der Waals surface area contributed by atoms with E-state index in [0.717, 1.165) is 12.0 Å². The molecule has 0 unspecified atom stereocenters. The van der Waals surface area contributed by atoms with E-state index in [1.807, 2.05) is 6.07 Å². The Hall–Kier alpha value is -0.560. The molecule has 0 aliphatic carbocycles. The van der Waals surface area contributed by atoms with Gasteiger partial charge in [-0.25, -0.2) is 4.39 Å². The highest BCUT2D eigenvalue weighted by atomic mass is 35.5. The van der Waals surface area contributed by atoms with Crippen LogP contribution in [0.1, 0.15) is 5.56 Å². The summed E-state index contributed by atoms with van der Waals surface area (Å²) in [6.07, 6.45) is 0.735. The van der Waals surface area contributed by atoms with Crippen molar-refractivity contribution in [2.75, 3.05) is 5.88 Å². The summed E-state index contributed by atoms with van der Waals surface area (Å²) in [7, 11) is 0. The summed E-state index contributed by atoms with van der Waals surface area (Å²) in [6.45, 7) is 0. The van der Waals surface area contributed by atoms with Crippen molar-refractivity contribution in [2.45, 2.75) is 6.42 Å². The van der Waals surface area contributed by atoms with Crippen molar-refractivity contribution in [2.24, 2.45) is 0 Å². The van der Waals surface area contributed by atoms with Gasteiger partial charge < -0.3 is 0 Å². The molecule has 1 rings (SSSR count). The van der Waals surface area contributed by atoms with E-state index in [-0.39, 0.29) is 5.82 Å². The van der Waals surface area contributed by atoms with Gasteiger partial charge in [-0.15, -0.1) is 11.6 Å². The number of aryl methyl sites for hydroxylation is 1. The molecule has 1 aromatic carbocycles. The average molecular weight is 159 g/mol. The van der Waals surface area contributed by atoms with Gasteiger partial charge in [-0.05, 0) is 24.1 Å². The minimum Gasteiger partial charge on any atom is -0.207 e. The molecule has 0 saturated carbocycles. The molecule has 1 aromatic rings. The van der Waals surface area contributed by atoms with Gasteiger partial charge in [0.1, 0.15) is 5.82 Å². The first-order valence-electron chi connectivity index (χ1n) is 3.13. The van der Waals surface area contributed by atoms with Crippen LogP contribution in [-0.4, -0.2) is 5.88 Å². The maximum absolute atomic E-state index is 12.4. The minimum atomic E-state index is -0.192. The van der Waals surface area contributed by atoms with Crippen molar-refractivity contribution in [3.8, 4) is 0 Å². The molecule has 0 atom stereocenters. The first-order valence-corrected chi connectivity index (χ1v) is 3.67. The molecular formula is C8H8ClF. The van der Waals surface area contributed by atoms with Crippen LogP contribution in [0.5, 0.6) is 0 Å². The highest BCUT2D eigenvalue weighted by Gasteiger charge is 1.92. The third-order valence-electron chi connectivity index (χ3n) is 1.27. The fourth-order valence-electron chi connectivity index (χ4n) is 0.802. The summed E-state index contributed by atoms with van der Waals surface area (Å²) in [5.74, 6) is 0.353. The van der Waals surface area contributed by atoms with E-state index in [4.69, 9.17) is 11.6 Å². The van der Waals surface area contributed by atoms with Crippen LogP contribution in [0.3, 0.4) is 0 Å². The summed E-state index contributed by atoms with van der Waals surface area (Å²) in [6, 6.07) is 6.49. The maximum atomic E-state index is 12.4. The van der Waals surface area contributed by atoms with Crippen molar-refractivity contribution < 1.29 is 4.39 Å². The number of hydrogen-bond donors (Lipinski definition) is 0. The van der Waals surface area contributed by atoms with E-state index >= 15 is 0 Å². The maximum Gasteiger partial charge on any atom is 0.123 e. The Balaban J connectivity index is 2.75. The predicted molar refractivity (Wildman–Crippen MR) is 40.8 cm³/mol. The smallest absolute Gasteiger partial charge is 0.123 e. The van der Waals surface area contributed by atoms with Gasteiger partial charge in [0, 0.05) is 5.88 Å². The quantitative estimate of drug-likeness (QED) is 0.581. The molecule has 0 saturated heterocycles. The number of rotatable bonds is 2. The summed E-state index contributed by atoms with van der Waals surface area (Å²) < 4.78 is 12.4. The van der Waals surface area contributed by atoms with Gasteiger partial charge in [0.15, 0.2) is 0 Å². The van der Waals surface area contributed by atoms with Gasteiger partial charge in [-0.2, -0.15) is 0 Å². The molecule has 0 nitrogen and oxygen atoms in total. The molecule has 0 heterocycles. The van der Waals surface area contributed by atoms with Crippen LogP contribution < -0.4 is 0 Å². The van der Waals surface area contributed by atoms with Gasteiger partial charge >= 0.3 is 0 Å². The monoisotopic (exact) mass is 158 g/mol. The molecule has 54 valence electrons. The Morgan fingerprint density at radius 3 is 2.80 bits per heavy atom.